The third-order valence-corrected chi connectivity index (χ3v) is 8.17. The van der Waals surface area contributed by atoms with Crippen molar-refractivity contribution in [3.05, 3.63) is 96.6 Å². The molecule has 2 aromatic heterocycles. The highest BCUT2D eigenvalue weighted by Crippen LogP contribution is 2.35. The number of amides is 3. The van der Waals surface area contributed by atoms with E-state index in [1.54, 1.807) is 41.7 Å². The molecule has 1 saturated heterocycles. The van der Waals surface area contributed by atoms with Crippen LogP contribution < -0.4 is 5.32 Å². The number of carbonyl (C=O) groups is 3. The molecule has 1 aliphatic heterocycles. The summed E-state index contributed by atoms with van der Waals surface area (Å²) in [4.78, 5) is 41.0. The lowest BCUT2D eigenvalue weighted by molar-refractivity contribution is -0.123. The number of benzene rings is 2. The van der Waals surface area contributed by atoms with Gasteiger partial charge in [-0.05, 0) is 65.2 Å². The molecule has 1 N–H and O–H groups in total. The first-order valence-corrected chi connectivity index (χ1v) is 13.8. The molecule has 0 unspecified atom stereocenters. The SMILES string of the molecule is O=C(Cn1cc(/C=C2\SC(=O)N(Cc3ccc(Cl)cc3)C2=O)c2cc(Br)ccc21)NCc1cccs1. The van der Waals surface area contributed by atoms with Gasteiger partial charge in [-0.3, -0.25) is 19.3 Å². The first kappa shape index (κ1) is 24.8. The average Bonchev–Trinajstić information content (AvgIpc) is 3.55. The lowest BCUT2D eigenvalue weighted by atomic mass is 10.1. The number of carbonyl (C=O) groups excluding carboxylic acids is 3. The van der Waals surface area contributed by atoms with Gasteiger partial charge in [0.25, 0.3) is 11.1 Å². The summed E-state index contributed by atoms with van der Waals surface area (Å²) in [5, 5.41) is 6.07. The standard InChI is InChI=1S/C26H19BrClN3O3S2/c27-18-5-8-22-21(11-18)17(14-30(22)15-24(32)29-12-20-2-1-9-35-20)10-23-25(33)31(26(34)36-23)13-16-3-6-19(28)7-4-16/h1-11,14H,12-13,15H2,(H,29,32)/b23-10-. The Balaban J connectivity index is 1.39. The minimum atomic E-state index is -0.343. The molecule has 1 fully saturated rings. The highest BCUT2D eigenvalue weighted by atomic mass is 79.9. The normalized spacial score (nSPS) is 14.8. The molecule has 0 radical (unpaired) electrons. The summed E-state index contributed by atoms with van der Waals surface area (Å²) in [6.45, 7) is 0.793. The molecule has 36 heavy (non-hydrogen) atoms. The summed E-state index contributed by atoms with van der Waals surface area (Å²) >= 11 is 12.0. The van der Waals surface area contributed by atoms with Crippen molar-refractivity contribution in [2.24, 2.45) is 0 Å². The van der Waals surface area contributed by atoms with E-state index in [0.29, 0.717) is 16.5 Å². The Kier molecular flexibility index (Phi) is 7.34. The maximum absolute atomic E-state index is 13.1. The van der Waals surface area contributed by atoms with Gasteiger partial charge in [-0.25, -0.2) is 0 Å². The van der Waals surface area contributed by atoms with E-state index >= 15 is 0 Å². The molecule has 6 nitrogen and oxygen atoms in total. The summed E-state index contributed by atoms with van der Waals surface area (Å²) in [7, 11) is 0. The number of hydrogen-bond acceptors (Lipinski definition) is 5. The molecule has 0 saturated carbocycles. The zero-order valence-corrected chi connectivity index (χ0v) is 22.7. The minimum Gasteiger partial charge on any atom is -0.350 e. The predicted octanol–water partition coefficient (Wildman–Crippen LogP) is 6.67. The number of thiophene rings is 1. The van der Waals surface area contributed by atoms with Gasteiger partial charge in [0.15, 0.2) is 0 Å². The number of aromatic nitrogens is 1. The Morgan fingerprint density at radius 2 is 1.92 bits per heavy atom. The molecule has 3 heterocycles. The first-order chi connectivity index (χ1) is 17.4. The highest BCUT2D eigenvalue weighted by molar-refractivity contribution is 9.10. The lowest BCUT2D eigenvalue weighted by Crippen LogP contribution is -2.27. The number of nitrogens with one attached hydrogen (secondary N) is 1. The van der Waals surface area contributed by atoms with E-state index in [4.69, 9.17) is 11.6 Å². The van der Waals surface area contributed by atoms with Gasteiger partial charge in [-0.15, -0.1) is 11.3 Å². The molecule has 0 aliphatic carbocycles. The van der Waals surface area contributed by atoms with Crippen LogP contribution in [0.4, 0.5) is 4.79 Å². The van der Waals surface area contributed by atoms with Crippen LogP contribution in [-0.2, 0) is 29.2 Å². The van der Waals surface area contributed by atoms with Crippen molar-refractivity contribution in [1.29, 1.82) is 0 Å². The highest BCUT2D eigenvalue weighted by Gasteiger charge is 2.35. The number of hydrogen-bond donors (Lipinski definition) is 1. The number of rotatable bonds is 7. The fourth-order valence-electron chi connectivity index (χ4n) is 3.90. The summed E-state index contributed by atoms with van der Waals surface area (Å²) in [6.07, 6.45) is 3.57. The quantitative estimate of drug-likeness (QED) is 0.241. The molecule has 2 aromatic carbocycles. The van der Waals surface area contributed by atoms with Crippen LogP contribution in [0, 0.1) is 0 Å². The topological polar surface area (TPSA) is 71.4 Å². The number of imide groups is 1. The Morgan fingerprint density at radius 3 is 2.67 bits per heavy atom. The number of fused-ring (bicyclic) bond motifs is 1. The second-order valence-electron chi connectivity index (χ2n) is 8.12. The molecular weight excluding hydrogens is 582 g/mol. The molecule has 0 atom stereocenters. The van der Waals surface area contributed by atoms with Crippen molar-refractivity contribution < 1.29 is 14.4 Å². The maximum atomic E-state index is 13.1. The van der Waals surface area contributed by atoms with Gasteiger partial charge in [0.1, 0.15) is 6.54 Å². The van der Waals surface area contributed by atoms with Gasteiger partial charge < -0.3 is 9.88 Å². The van der Waals surface area contributed by atoms with Crippen LogP contribution in [0.15, 0.2) is 75.6 Å². The maximum Gasteiger partial charge on any atom is 0.293 e. The second-order valence-corrected chi connectivity index (χ2v) is 11.5. The molecular formula is C26H19BrClN3O3S2. The monoisotopic (exact) mass is 599 g/mol. The lowest BCUT2D eigenvalue weighted by Gasteiger charge is -2.12. The number of nitrogens with zero attached hydrogens (tertiary/aromatic N) is 2. The van der Waals surface area contributed by atoms with E-state index in [2.05, 4.69) is 21.2 Å². The predicted molar refractivity (Wildman–Crippen MR) is 149 cm³/mol. The van der Waals surface area contributed by atoms with Crippen LogP contribution in [0.5, 0.6) is 0 Å². The Labute approximate surface area is 229 Å². The van der Waals surface area contributed by atoms with Gasteiger partial charge in [-0.1, -0.05) is 45.7 Å². The molecule has 1 aliphatic rings. The summed E-state index contributed by atoms with van der Waals surface area (Å²) < 4.78 is 2.73. The summed E-state index contributed by atoms with van der Waals surface area (Å²) in [5.41, 5.74) is 2.43. The smallest absolute Gasteiger partial charge is 0.293 e. The zero-order chi connectivity index (χ0) is 25.2. The molecule has 5 rings (SSSR count). The van der Waals surface area contributed by atoms with Gasteiger partial charge >= 0.3 is 0 Å². The molecule has 0 bridgehead atoms. The van der Waals surface area contributed by atoms with Crippen LogP contribution >= 0.6 is 50.6 Å². The molecule has 4 aromatic rings. The van der Waals surface area contributed by atoms with Crippen LogP contribution in [0.3, 0.4) is 0 Å². The minimum absolute atomic E-state index is 0.113. The van der Waals surface area contributed by atoms with Gasteiger partial charge in [0, 0.05) is 37.0 Å². The third kappa shape index (κ3) is 5.44. The number of halogens is 2. The summed E-state index contributed by atoms with van der Waals surface area (Å²) in [6, 6.07) is 16.8. The van der Waals surface area contributed by atoms with Crippen LogP contribution in [0.25, 0.3) is 17.0 Å². The van der Waals surface area contributed by atoms with Crippen molar-refractivity contribution in [1.82, 2.24) is 14.8 Å². The van der Waals surface area contributed by atoms with Gasteiger partial charge in [0.2, 0.25) is 5.91 Å². The Bertz CT molecular complexity index is 1500. The Hall–Kier alpha value is -2.85. The fraction of sp³-hybridized carbons (Fsp3) is 0.115. The van der Waals surface area contributed by atoms with Gasteiger partial charge in [-0.2, -0.15) is 0 Å². The zero-order valence-electron chi connectivity index (χ0n) is 18.7. The van der Waals surface area contributed by atoms with Crippen molar-refractivity contribution in [3.63, 3.8) is 0 Å². The van der Waals surface area contributed by atoms with Crippen molar-refractivity contribution >= 4 is 84.7 Å². The van der Waals surface area contributed by atoms with E-state index in [1.165, 1.54) is 4.90 Å². The molecule has 3 amide bonds. The number of thioether (sulfide) groups is 1. The van der Waals surface area contributed by atoms with Crippen LogP contribution in [0.2, 0.25) is 5.02 Å². The fourth-order valence-corrected chi connectivity index (χ4v) is 5.86. The van der Waals surface area contributed by atoms with E-state index in [1.807, 2.05) is 46.5 Å². The van der Waals surface area contributed by atoms with Crippen LogP contribution in [0.1, 0.15) is 16.0 Å². The van der Waals surface area contributed by atoms with Gasteiger partial charge in [0.05, 0.1) is 18.0 Å². The summed E-state index contributed by atoms with van der Waals surface area (Å²) in [5.74, 6) is -0.456. The largest absolute Gasteiger partial charge is 0.350 e. The molecule has 182 valence electrons. The first-order valence-electron chi connectivity index (χ1n) is 10.9. The second kappa shape index (κ2) is 10.6. The van der Waals surface area contributed by atoms with E-state index in [-0.39, 0.29) is 30.1 Å². The molecule has 10 heteroatoms. The van der Waals surface area contributed by atoms with E-state index in [0.717, 1.165) is 43.1 Å². The van der Waals surface area contributed by atoms with Crippen molar-refractivity contribution in [2.45, 2.75) is 19.6 Å². The molecule has 0 spiro atoms. The van der Waals surface area contributed by atoms with E-state index < -0.39 is 0 Å². The van der Waals surface area contributed by atoms with Crippen molar-refractivity contribution in [2.75, 3.05) is 0 Å². The van der Waals surface area contributed by atoms with Crippen LogP contribution in [-0.4, -0.2) is 26.5 Å². The third-order valence-electron chi connectivity index (χ3n) is 5.64. The van der Waals surface area contributed by atoms with E-state index in [9.17, 15) is 14.4 Å². The van der Waals surface area contributed by atoms with Crippen molar-refractivity contribution in [3.8, 4) is 0 Å². The average molecular weight is 601 g/mol. The Morgan fingerprint density at radius 1 is 1.11 bits per heavy atom.